The van der Waals surface area contributed by atoms with Crippen LogP contribution in [0.1, 0.15) is 23.9 Å². The molecule has 1 aliphatic heterocycles. The summed E-state index contributed by atoms with van der Waals surface area (Å²) in [6.45, 7) is 6.63. The Morgan fingerprint density at radius 3 is 2.95 bits per heavy atom. The third-order valence-corrected chi connectivity index (χ3v) is 4.42. The van der Waals surface area contributed by atoms with Gasteiger partial charge >= 0.3 is 0 Å². The minimum absolute atomic E-state index is 0.00381. The molecule has 1 atom stereocenters. The van der Waals surface area contributed by atoms with Gasteiger partial charge in [0, 0.05) is 24.4 Å². The highest BCUT2D eigenvalue weighted by Gasteiger charge is 2.28. The molecule has 0 saturated carbocycles. The average Bonchev–Trinajstić information content (AvgIpc) is 2.73. The second-order valence-corrected chi connectivity index (χ2v) is 5.84. The highest BCUT2D eigenvalue weighted by molar-refractivity contribution is 7.99. The van der Waals surface area contributed by atoms with Crippen LogP contribution >= 0.6 is 11.8 Å². The molecule has 0 radical (unpaired) electrons. The Hall–Kier alpha value is -1.50. The predicted octanol–water partition coefficient (Wildman–Crippen LogP) is 0.872. The molecule has 7 heteroatoms. The molecule has 1 N–H and O–H groups in total. The summed E-state index contributed by atoms with van der Waals surface area (Å²) in [7, 11) is 0. The number of piperazine rings is 1. The van der Waals surface area contributed by atoms with Crippen molar-refractivity contribution in [1.29, 1.82) is 0 Å². The van der Waals surface area contributed by atoms with Gasteiger partial charge in [0.05, 0.1) is 11.4 Å². The summed E-state index contributed by atoms with van der Waals surface area (Å²) in [5, 5.41) is 6.64. The van der Waals surface area contributed by atoms with Crippen LogP contribution < -0.4 is 5.32 Å². The highest BCUT2D eigenvalue weighted by Crippen LogP contribution is 2.20. The standard InChI is InChI=1S/C13H19N3O3S/c1-8-11(10(3)19-15-8)6-20-7-12(17)16-5-4-14-13(18)9(16)2/h9H,4-7H2,1-3H3,(H,14,18). The van der Waals surface area contributed by atoms with Gasteiger partial charge < -0.3 is 14.7 Å². The summed E-state index contributed by atoms with van der Waals surface area (Å²) >= 11 is 1.52. The molecule has 1 saturated heterocycles. The van der Waals surface area contributed by atoms with Gasteiger partial charge in [-0.1, -0.05) is 5.16 Å². The van der Waals surface area contributed by atoms with E-state index in [1.807, 2.05) is 13.8 Å². The van der Waals surface area contributed by atoms with Gasteiger partial charge in [0.15, 0.2) is 0 Å². The number of nitrogens with one attached hydrogen (secondary N) is 1. The van der Waals surface area contributed by atoms with Crippen molar-refractivity contribution in [3.05, 3.63) is 17.0 Å². The van der Waals surface area contributed by atoms with Crippen LogP contribution in [0, 0.1) is 13.8 Å². The molecule has 6 nitrogen and oxygen atoms in total. The van der Waals surface area contributed by atoms with E-state index in [1.165, 1.54) is 11.8 Å². The molecule has 110 valence electrons. The molecule has 2 rings (SSSR count). The van der Waals surface area contributed by atoms with Crippen LogP contribution in [0.4, 0.5) is 0 Å². The predicted molar refractivity (Wildman–Crippen MR) is 76.3 cm³/mol. The topological polar surface area (TPSA) is 75.4 Å². The van der Waals surface area contributed by atoms with E-state index in [4.69, 9.17) is 4.52 Å². The third kappa shape index (κ3) is 3.15. The zero-order chi connectivity index (χ0) is 14.7. The first-order valence-electron chi connectivity index (χ1n) is 6.57. The Bertz CT molecular complexity index is 495. The molecular weight excluding hydrogens is 278 g/mol. The lowest BCUT2D eigenvalue weighted by molar-refractivity contribution is -0.140. The van der Waals surface area contributed by atoms with Crippen LogP contribution in [0.25, 0.3) is 0 Å². The smallest absolute Gasteiger partial charge is 0.242 e. The van der Waals surface area contributed by atoms with Crippen molar-refractivity contribution in [3.63, 3.8) is 0 Å². The number of hydrogen-bond acceptors (Lipinski definition) is 5. The van der Waals surface area contributed by atoms with Crippen LogP contribution in [-0.4, -0.2) is 46.8 Å². The average molecular weight is 297 g/mol. The van der Waals surface area contributed by atoms with Crippen molar-refractivity contribution in [1.82, 2.24) is 15.4 Å². The first-order chi connectivity index (χ1) is 9.50. The largest absolute Gasteiger partial charge is 0.361 e. The van der Waals surface area contributed by atoms with Crippen LogP contribution in [0.2, 0.25) is 0 Å². The number of aryl methyl sites for hydroxylation is 2. The van der Waals surface area contributed by atoms with Crippen LogP contribution in [0.15, 0.2) is 4.52 Å². The minimum atomic E-state index is -0.379. The molecule has 2 amide bonds. The number of rotatable bonds is 4. The number of carbonyl (C=O) groups is 2. The zero-order valence-electron chi connectivity index (χ0n) is 11.9. The lowest BCUT2D eigenvalue weighted by Gasteiger charge is -2.32. The Morgan fingerprint density at radius 1 is 1.55 bits per heavy atom. The number of aromatic nitrogens is 1. The summed E-state index contributed by atoms with van der Waals surface area (Å²) in [6.07, 6.45) is 0. The highest BCUT2D eigenvalue weighted by atomic mass is 32.2. The first kappa shape index (κ1) is 14.9. The Labute approximate surface area is 122 Å². The van der Waals surface area contributed by atoms with E-state index in [1.54, 1.807) is 11.8 Å². The van der Waals surface area contributed by atoms with E-state index in [0.717, 1.165) is 17.0 Å². The number of carbonyl (C=O) groups excluding carboxylic acids is 2. The fraction of sp³-hybridized carbons (Fsp3) is 0.615. The van der Waals surface area contributed by atoms with Gasteiger partial charge in [0.1, 0.15) is 11.8 Å². The van der Waals surface area contributed by atoms with E-state index in [9.17, 15) is 9.59 Å². The van der Waals surface area contributed by atoms with Gasteiger partial charge in [-0.05, 0) is 20.8 Å². The van der Waals surface area contributed by atoms with Crippen molar-refractivity contribution in [2.24, 2.45) is 0 Å². The van der Waals surface area contributed by atoms with Crippen molar-refractivity contribution in [3.8, 4) is 0 Å². The summed E-state index contributed by atoms with van der Waals surface area (Å²) in [4.78, 5) is 25.3. The van der Waals surface area contributed by atoms with Gasteiger partial charge in [0.25, 0.3) is 0 Å². The fourth-order valence-electron chi connectivity index (χ4n) is 2.15. The van der Waals surface area contributed by atoms with E-state index in [2.05, 4.69) is 10.5 Å². The van der Waals surface area contributed by atoms with Crippen molar-refractivity contribution in [2.75, 3.05) is 18.8 Å². The second-order valence-electron chi connectivity index (χ2n) is 4.85. The maximum atomic E-state index is 12.1. The molecule has 2 heterocycles. The molecule has 0 aliphatic carbocycles. The molecule has 1 fully saturated rings. The van der Waals surface area contributed by atoms with Crippen LogP contribution in [0.3, 0.4) is 0 Å². The number of nitrogens with zero attached hydrogens (tertiary/aromatic N) is 2. The number of thioether (sulfide) groups is 1. The number of hydrogen-bond donors (Lipinski definition) is 1. The van der Waals surface area contributed by atoms with Crippen LogP contribution in [0.5, 0.6) is 0 Å². The summed E-state index contributed by atoms with van der Waals surface area (Å²) in [5.74, 6) is 1.78. The summed E-state index contributed by atoms with van der Waals surface area (Å²) in [5.41, 5.74) is 1.92. The Kier molecular flexibility index (Phi) is 4.69. The number of amides is 2. The van der Waals surface area contributed by atoms with Gasteiger partial charge in [-0.2, -0.15) is 0 Å². The molecular formula is C13H19N3O3S. The van der Waals surface area contributed by atoms with E-state index in [0.29, 0.717) is 24.6 Å². The zero-order valence-corrected chi connectivity index (χ0v) is 12.7. The van der Waals surface area contributed by atoms with Crippen molar-refractivity contribution < 1.29 is 14.1 Å². The fourth-order valence-corrected chi connectivity index (χ4v) is 3.21. The SMILES string of the molecule is Cc1noc(C)c1CSCC(=O)N1CCNC(=O)C1C. The van der Waals surface area contributed by atoms with Crippen molar-refractivity contribution in [2.45, 2.75) is 32.6 Å². The van der Waals surface area contributed by atoms with E-state index >= 15 is 0 Å². The molecule has 1 aromatic heterocycles. The first-order valence-corrected chi connectivity index (χ1v) is 7.73. The molecule has 1 aromatic rings. The monoisotopic (exact) mass is 297 g/mol. The van der Waals surface area contributed by atoms with Gasteiger partial charge in [-0.3, -0.25) is 9.59 Å². The molecule has 20 heavy (non-hydrogen) atoms. The summed E-state index contributed by atoms with van der Waals surface area (Å²) in [6, 6.07) is -0.379. The molecule has 0 aromatic carbocycles. The molecule has 1 unspecified atom stereocenters. The maximum Gasteiger partial charge on any atom is 0.242 e. The van der Waals surface area contributed by atoms with Gasteiger partial charge in [-0.25, -0.2) is 0 Å². The summed E-state index contributed by atoms with van der Waals surface area (Å²) < 4.78 is 5.09. The van der Waals surface area contributed by atoms with E-state index < -0.39 is 0 Å². The Balaban J connectivity index is 1.85. The van der Waals surface area contributed by atoms with Gasteiger partial charge in [-0.15, -0.1) is 11.8 Å². The van der Waals surface area contributed by atoms with Crippen LogP contribution in [-0.2, 0) is 15.3 Å². The normalized spacial score (nSPS) is 19.1. The Morgan fingerprint density at radius 2 is 2.30 bits per heavy atom. The van der Waals surface area contributed by atoms with Gasteiger partial charge in [0.2, 0.25) is 11.8 Å². The lowest BCUT2D eigenvalue weighted by atomic mass is 10.2. The molecule has 0 bridgehead atoms. The minimum Gasteiger partial charge on any atom is -0.361 e. The van der Waals surface area contributed by atoms with E-state index in [-0.39, 0.29) is 17.9 Å². The third-order valence-electron chi connectivity index (χ3n) is 3.47. The van der Waals surface area contributed by atoms with Crippen molar-refractivity contribution >= 4 is 23.6 Å². The second kappa shape index (κ2) is 6.30. The lowest BCUT2D eigenvalue weighted by Crippen LogP contribution is -2.56. The molecule has 0 spiro atoms. The molecule has 1 aliphatic rings. The quantitative estimate of drug-likeness (QED) is 0.892. The maximum absolute atomic E-state index is 12.1.